The smallest absolute Gasteiger partial charge is 0.343 e. The van der Waals surface area contributed by atoms with Crippen molar-refractivity contribution in [2.24, 2.45) is 5.92 Å². The Labute approximate surface area is 214 Å². The molecular weight excluding hydrogens is 488 g/mol. The first-order valence-electron chi connectivity index (χ1n) is 11.8. The summed E-state index contributed by atoms with van der Waals surface area (Å²) in [6.45, 7) is 5.07. The molecule has 1 saturated heterocycles. The first-order chi connectivity index (χ1) is 17.4. The molecule has 1 fully saturated rings. The molecule has 0 saturated carbocycles. The summed E-state index contributed by atoms with van der Waals surface area (Å²) in [7, 11) is 1.29. The molecule has 1 aliphatic heterocycles. The van der Waals surface area contributed by atoms with Gasteiger partial charge in [-0.25, -0.2) is 4.79 Å². The van der Waals surface area contributed by atoms with E-state index in [0.717, 1.165) is 0 Å². The van der Waals surface area contributed by atoms with E-state index in [4.69, 9.17) is 18.9 Å². The summed E-state index contributed by atoms with van der Waals surface area (Å²) in [5.41, 5.74) is 0.903. The third-order valence-electron chi connectivity index (χ3n) is 5.98. The Hall–Kier alpha value is -2.93. The van der Waals surface area contributed by atoms with Crippen LogP contribution in [0.25, 0.3) is 0 Å². The molecule has 3 rings (SSSR count). The number of phenolic OH excluding ortho intramolecular Hbond substituents is 1. The summed E-state index contributed by atoms with van der Waals surface area (Å²) < 4.78 is 22.1. The van der Waals surface area contributed by atoms with Gasteiger partial charge in [0, 0.05) is 11.1 Å². The summed E-state index contributed by atoms with van der Waals surface area (Å²) in [5.74, 6) is -1.81. The van der Waals surface area contributed by atoms with Gasteiger partial charge >= 0.3 is 5.97 Å². The zero-order chi connectivity index (χ0) is 27.4. The van der Waals surface area contributed by atoms with Gasteiger partial charge in [-0.2, -0.15) is 0 Å². The molecule has 1 aliphatic rings. The summed E-state index contributed by atoms with van der Waals surface area (Å²) in [6.07, 6.45) is -6.07. The van der Waals surface area contributed by atoms with Gasteiger partial charge < -0.3 is 49.6 Å². The second-order valence-corrected chi connectivity index (χ2v) is 9.45. The molecule has 5 atom stereocenters. The highest BCUT2D eigenvalue weighted by molar-refractivity contribution is 5.95. The molecule has 37 heavy (non-hydrogen) atoms. The Kier molecular flexibility index (Phi) is 9.35. The van der Waals surface area contributed by atoms with Crippen molar-refractivity contribution in [3.63, 3.8) is 0 Å². The van der Waals surface area contributed by atoms with Crippen LogP contribution in [0.2, 0.25) is 0 Å². The van der Waals surface area contributed by atoms with E-state index < -0.39 is 36.7 Å². The number of aromatic hydroxyl groups is 1. The largest absolute Gasteiger partial charge is 0.504 e. The summed E-state index contributed by atoms with van der Waals surface area (Å²) in [4.78, 5) is 12.2. The van der Waals surface area contributed by atoms with Gasteiger partial charge in [0.2, 0.25) is 0 Å². The fourth-order valence-electron chi connectivity index (χ4n) is 4.18. The van der Waals surface area contributed by atoms with Crippen LogP contribution in [0.1, 0.15) is 53.4 Å². The van der Waals surface area contributed by atoms with E-state index in [0.29, 0.717) is 23.1 Å². The number of benzene rings is 2. The van der Waals surface area contributed by atoms with Gasteiger partial charge in [0.1, 0.15) is 35.4 Å². The number of aliphatic hydroxyl groups is 4. The fraction of sp³-hybridized carbons (Fsp3) is 0.500. The van der Waals surface area contributed by atoms with Gasteiger partial charge in [0.25, 0.3) is 0 Å². The van der Waals surface area contributed by atoms with Crippen LogP contribution < -0.4 is 9.47 Å². The number of aryl methyl sites for hydroxylation is 1. The van der Waals surface area contributed by atoms with E-state index in [1.54, 1.807) is 13.0 Å². The van der Waals surface area contributed by atoms with Crippen LogP contribution in [0.15, 0.2) is 24.3 Å². The number of carbonyl (C=O) groups is 1. The van der Waals surface area contributed by atoms with Crippen molar-refractivity contribution in [3.8, 4) is 23.0 Å². The van der Waals surface area contributed by atoms with Crippen LogP contribution in [0.4, 0.5) is 0 Å². The van der Waals surface area contributed by atoms with E-state index in [1.807, 2.05) is 13.8 Å². The predicted octanol–water partition coefficient (Wildman–Crippen LogP) is 2.23. The Morgan fingerprint density at radius 3 is 2.46 bits per heavy atom. The highest BCUT2D eigenvalue weighted by Crippen LogP contribution is 2.42. The number of aliphatic hydroxyl groups excluding tert-OH is 4. The number of ether oxygens (including phenoxy) is 4. The van der Waals surface area contributed by atoms with Crippen molar-refractivity contribution in [1.29, 1.82) is 0 Å². The molecule has 11 nitrogen and oxygen atoms in total. The zero-order valence-electron chi connectivity index (χ0n) is 21.1. The predicted molar refractivity (Wildman–Crippen MR) is 130 cm³/mol. The van der Waals surface area contributed by atoms with Crippen LogP contribution in [-0.2, 0) is 16.1 Å². The van der Waals surface area contributed by atoms with Gasteiger partial charge in [-0.1, -0.05) is 13.8 Å². The molecule has 0 spiro atoms. The average molecular weight is 523 g/mol. The van der Waals surface area contributed by atoms with E-state index in [-0.39, 0.29) is 47.7 Å². The number of hydrogen-bond acceptors (Lipinski definition) is 10. The standard InChI is InChI=1S/C26H34O11/c1-12(2)7-16(27)15-5-6-19(20(25(32)33)24(15)34-4)37-23-14(8-13(3)9-17(23)28)10-35-26-22(31)21(30)18(29)11-36-26/h5-6,8-9,12,16,18,21-22,26-31H,7,10-11H2,1-4H3,(H,32,33). The molecule has 5 unspecified atom stereocenters. The molecule has 0 amide bonds. The van der Waals surface area contributed by atoms with Crippen LogP contribution in [0.3, 0.4) is 0 Å². The van der Waals surface area contributed by atoms with E-state index in [9.17, 15) is 35.4 Å². The third-order valence-corrected chi connectivity index (χ3v) is 5.98. The Bertz CT molecular complexity index is 1100. The molecule has 2 aromatic carbocycles. The Balaban J connectivity index is 1.96. The number of rotatable bonds is 10. The maximum absolute atomic E-state index is 12.2. The maximum atomic E-state index is 12.2. The minimum atomic E-state index is -1.51. The van der Waals surface area contributed by atoms with Crippen LogP contribution >= 0.6 is 0 Å². The van der Waals surface area contributed by atoms with Crippen molar-refractivity contribution >= 4 is 5.97 Å². The van der Waals surface area contributed by atoms with Crippen LogP contribution in [0.5, 0.6) is 23.0 Å². The number of carboxylic acids is 1. The summed E-state index contributed by atoms with van der Waals surface area (Å²) in [6, 6.07) is 5.94. The van der Waals surface area contributed by atoms with Crippen molar-refractivity contribution < 1.29 is 54.4 Å². The zero-order valence-corrected chi connectivity index (χ0v) is 21.1. The van der Waals surface area contributed by atoms with Gasteiger partial charge in [-0.3, -0.25) is 0 Å². The molecule has 2 aromatic rings. The van der Waals surface area contributed by atoms with Crippen LogP contribution in [0, 0.1) is 12.8 Å². The lowest BCUT2D eigenvalue weighted by Gasteiger charge is -2.34. The topological polar surface area (TPSA) is 175 Å². The van der Waals surface area contributed by atoms with Crippen molar-refractivity contribution in [1.82, 2.24) is 0 Å². The average Bonchev–Trinajstić information content (AvgIpc) is 2.82. The maximum Gasteiger partial charge on any atom is 0.343 e. The number of phenols is 1. The van der Waals surface area contributed by atoms with Gasteiger partial charge in [0.15, 0.2) is 17.8 Å². The van der Waals surface area contributed by atoms with E-state index in [1.165, 1.54) is 25.3 Å². The normalized spacial score (nSPS) is 22.6. The highest BCUT2D eigenvalue weighted by atomic mass is 16.7. The second-order valence-electron chi connectivity index (χ2n) is 9.45. The molecule has 0 bridgehead atoms. The molecule has 1 heterocycles. The molecule has 0 aromatic heterocycles. The minimum Gasteiger partial charge on any atom is -0.504 e. The third kappa shape index (κ3) is 6.50. The first kappa shape index (κ1) is 28.6. The number of hydrogen-bond donors (Lipinski definition) is 6. The number of aromatic carboxylic acids is 1. The lowest BCUT2D eigenvalue weighted by atomic mass is 9.96. The Morgan fingerprint density at radius 2 is 1.84 bits per heavy atom. The fourth-order valence-corrected chi connectivity index (χ4v) is 4.18. The second kappa shape index (κ2) is 12.1. The number of carboxylic acid groups (broad SMARTS) is 1. The molecule has 204 valence electrons. The lowest BCUT2D eigenvalue weighted by Crippen LogP contribution is -2.53. The quantitative estimate of drug-likeness (QED) is 0.270. The Morgan fingerprint density at radius 1 is 1.14 bits per heavy atom. The van der Waals surface area contributed by atoms with E-state index >= 15 is 0 Å². The van der Waals surface area contributed by atoms with Crippen molar-refractivity contribution in [2.75, 3.05) is 13.7 Å². The molecule has 11 heteroatoms. The first-order valence-corrected chi connectivity index (χ1v) is 11.8. The van der Waals surface area contributed by atoms with Crippen molar-refractivity contribution in [2.45, 2.75) is 64.5 Å². The van der Waals surface area contributed by atoms with Gasteiger partial charge in [-0.05, 0) is 49.1 Å². The highest BCUT2D eigenvalue weighted by Gasteiger charge is 2.38. The van der Waals surface area contributed by atoms with Crippen molar-refractivity contribution in [3.05, 3.63) is 46.5 Å². The SMILES string of the molecule is COc1c(C(O)CC(C)C)ccc(Oc2c(O)cc(C)cc2COC2OCC(O)C(O)C2O)c1C(=O)O. The summed E-state index contributed by atoms with van der Waals surface area (Å²) in [5, 5.41) is 60.9. The molecule has 0 aliphatic carbocycles. The minimum absolute atomic E-state index is 0.0613. The lowest BCUT2D eigenvalue weighted by molar-refractivity contribution is -0.273. The molecular formula is C26H34O11. The van der Waals surface area contributed by atoms with E-state index in [2.05, 4.69) is 0 Å². The summed E-state index contributed by atoms with van der Waals surface area (Å²) >= 11 is 0. The van der Waals surface area contributed by atoms with Gasteiger partial charge in [-0.15, -0.1) is 0 Å². The van der Waals surface area contributed by atoms with Crippen LogP contribution in [-0.4, -0.2) is 74.9 Å². The molecule has 0 radical (unpaired) electrons. The van der Waals surface area contributed by atoms with Gasteiger partial charge in [0.05, 0.1) is 26.4 Å². The number of methoxy groups -OCH3 is 1. The monoisotopic (exact) mass is 522 g/mol. The molecule has 6 N–H and O–H groups in total.